The molecule has 192 valence electrons. The highest BCUT2D eigenvalue weighted by Gasteiger charge is 2.27. The Balaban J connectivity index is 1.38. The first-order chi connectivity index (χ1) is 20.3. The van der Waals surface area contributed by atoms with Crippen LogP contribution in [-0.2, 0) is 6.42 Å². The third-order valence-corrected chi connectivity index (χ3v) is 8.98. The van der Waals surface area contributed by atoms with Crippen LogP contribution in [0.1, 0.15) is 11.3 Å². The molecule has 6 aromatic carbocycles. The van der Waals surface area contributed by atoms with Gasteiger partial charge in [0.15, 0.2) is 0 Å². The van der Waals surface area contributed by atoms with E-state index in [1.807, 2.05) is 0 Å². The fourth-order valence-electron chi connectivity index (χ4n) is 7.14. The van der Waals surface area contributed by atoms with Gasteiger partial charge in [0.1, 0.15) is 11.3 Å². The summed E-state index contributed by atoms with van der Waals surface area (Å²) in [7, 11) is 0. The fourth-order valence-corrected chi connectivity index (χ4v) is 7.14. The van der Waals surface area contributed by atoms with E-state index in [-0.39, 0.29) is 0 Å². The van der Waals surface area contributed by atoms with E-state index in [4.69, 9.17) is 4.42 Å². The molecule has 0 aliphatic heterocycles. The topological polar surface area (TPSA) is 13.1 Å². The minimum absolute atomic E-state index is 0.394. The molecule has 2 aliphatic carbocycles. The Labute approximate surface area is 238 Å². The van der Waals surface area contributed by atoms with Crippen molar-refractivity contribution in [2.24, 2.45) is 5.92 Å². The Kier molecular flexibility index (Phi) is 4.80. The molecule has 0 bridgehead atoms. The molecule has 9 rings (SSSR count). The van der Waals surface area contributed by atoms with E-state index in [0.29, 0.717) is 5.92 Å². The van der Waals surface area contributed by atoms with Crippen molar-refractivity contribution in [1.29, 1.82) is 0 Å². The smallest absolute Gasteiger partial charge is 0.135 e. The first kappa shape index (κ1) is 22.7. The van der Waals surface area contributed by atoms with Gasteiger partial charge in [-0.05, 0) is 84.8 Å². The van der Waals surface area contributed by atoms with Crippen molar-refractivity contribution in [3.05, 3.63) is 150 Å². The average molecular weight is 523 g/mol. The van der Waals surface area contributed by atoms with Crippen molar-refractivity contribution in [3.8, 4) is 22.3 Å². The highest BCUT2D eigenvalue weighted by Crippen LogP contribution is 2.48. The van der Waals surface area contributed by atoms with E-state index < -0.39 is 0 Å². The van der Waals surface area contributed by atoms with Gasteiger partial charge in [-0.15, -0.1) is 0 Å². The van der Waals surface area contributed by atoms with Crippen LogP contribution in [0.2, 0.25) is 0 Å². The largest absolute Gasteiger partial charge is 0.456 e. The van der Waals surface area contributed by atoms with Crippen molar-refractivity contribution < 1.29 is 4.42 Å². The maximum absolute atomic E-state index is 6.53. The number of hydrogen-bond acceptors (Lipinski definition) is 1. The van der Waals surface area contributed by atoms with Gasteiger partial charge in [-0.25, -0.2) is 0 Å². The molecule has 1 nitrogen and oxygen atoms in total. The Bertz CT molecular complexity index is 2230. The van der Waals surface area contributed by atoms with Gasteiger partial charge < -0.3 is 4.42 Å². The predicted molar refractivity (Wildman–Crippen MR) is 173 cm³/mol. The molecule has 1 aromatic heterocycles. The lowest BCUT2D eigenvalue weighted by Crippen LogP contribution is -2.10. The SMILES string of the molecule is C1=CC2=Cc3oc4cccc(-c5c6ccccc6c(-c6ccc7ccccc7c6)c6ccccc56)c4c3CC2C=C1. The van der Waals surface area contributed by atoms with Crippen LogP contribution >= 0.6 is 0 Å². The van der Waals surface area contributed by atoms with Crippen LogP contribution in [0.4, 0.5) is 0 Å². The molecule has 41 heavy (non-hydrogen) atoms. The number of allylic oxidation sites excluding steroid dienone is 5. The van der Waals surface area contributed by atoms with Gasteiger partial charge in [-0.3, -0.25) is 0 Å². The molecule has 1 atom stereocenters. The van der Waals surface area contributed by atoms with E-state index >= 15 is 0 Å². The van der Waals surface area contributed by atoms with Crippen LogP contribution in [0.25, 0.3) is 71.6 Å². The molecule has 1 heterocycles. The normalized spacial score (nSPS) is 15.9. The lowest BCUT2D eigenvalue weighted by atomic mass is 9.81. The summed E-state index contributed by atoms with van der Waals surface area (Å²) < 4.78 is 6.53. The van der Waals surface area contributed by atoms with Crippen molar-refractivity contribution >= 4 is 49.4 Å². The van der Waals surface area contributed by atoms with Gasteiger partial charge in [0.25, 0.3) is 0 Å². The molecular weight excluding hydrogens is 496 g/mol. The molecule has 0 amide bonds. The monoisotopic (exact) mass is 522 g/mol. The number of benzene rings is 6. The Morgan fingerprint density at radius 3 is 2.10 bits per heavy atom. The van der Waals surface area contributed by atoms with Crippen LogP contribution in [0.15, 0.2) is 143 Å². The van der Waals surface area contributed by atoms with Crippen LogP contribution < -0.4 is 0 Å². The second-order valence-electron chi connectivity index (χ2n) is 11.2. The summed E-state index contributed by atoms with van der Waals surface area (Å²) in [6, 6.07) is 39.9. The molecule has 1 heteroatoms. The fraction of sp³-hybridized carbons (Fsp3) is 0.0500. The molecule has 0 saturated carbocycles. The minimum Gasteiger partial charge on any atom is -0.456 e. The molecule has 7 aromatic rings. The highest BCUT2D eigenvalue weighted by molar-refractivity contribution is 6.24. The highest BCUT2D eigenvalue weighted by atomic mass is 16.3. The summed E-state index contributed by atoms with van der Waals surface area (Å²) in [5.74, 6) is 1.39. The van der Waals surface area contributed by atoms with E-state index in [1.54, 1.807) is 0 Å². The molecule has 0 fully saturated rings. The van der Waals surface area contributed by atoms with Crippen LogP contribution in [0.3, 0.4) is 0 Å². The van der Waals surface area contributed by atoms with Crippen LogP contribution in [0, 0.1) is 5.92 Å². The van der Waals surface area contributed by atoms with Crippen LogP contribution in [-0.4, -0.2) is 0 Å². The Morgan fingerprint density at radius 1 is 0.610 bits per heavy atom. The zero-order valence-electron chi connectivity index (χ0n) is 22.5. The van der Waals surface area contributed by atoms with Gasteiger partial charge in [0, 0.05) is 16.9 Å². The molecule has 2 aliphatic rings. The quantitative estimate of drug-likeness (QED) is 0.206. The molecule has 0 saturated heterocycles. The van der Waals surface area contributed by atoms with Gasteiger partial charge >= 0.3 is 0 Å². The predicted octanol–water partition coefficient (Wildman–Crippen LogP) is 10.9. The molecule has 1 unspecified atom stereocenters. The molecule has 0 N–H and O–H groups in total. The summed E-state index contributed by atoms with van der Waals surface area (Å²) in [5.41, 5.74) is 8.67. The summed E-state index contributed by atoms with van der Waals surface area (Å²) in [6.45, 7) is 0. The van der Waals surface area contributed by atoms with Gasteiger partial charge in [0.2, 0.25) is 0 Å². The lowest BCUT2D eigenvalue weighted by Gasteiger charge is -2.22. The minimum atomic E-state index is 0.394. The third-order valence-electron chi connectivity index (χ3n) is 8.98. The maximum atomic E-state index is 6.53. The van der Waals surface area contributed by atoms with Crippen molar-refractivity contribution in [1.82, 2.24) is 0 Å². The Morgan fingerprint density at radius 2 is 1.32 bits per heavy atom. The summed E-state index contributed by atoms with van der Waals surface area (Å²) >= 11 is 0. The number of hydrogen-bond donors (Lipinski definition) is 0. The maximum Gasteiger partial charge on any atom is 0.135 e. The van der Waals surface area contributed by atoms with Gasteiger partial charge in [0.05, 0.1) is 0 Å². The number of fused-ring (bicyclic) bond motifs is 7. The molecule has 0 radical (unpaired) electrons. The van der Waals surface area contributed by atoms with Crippen molar-refractivity contribution in [2.75, 3.05) is 0 Å². The summed E-state index contributed by atoms with van der Waals surface area (Å²) in [5, 5.41) is 8.85. The zero-order valence-corrected chi connectivity index (χ0v) is 22.5. The Hall–Kier alpha value is -5.14. The van der Waals surface area contributed by atoms with Crippen LogP contribution in [0.5, 0.6) is 0 Å². The van der Waals surface area contributed by atoms with Crippen molar-refractivity contribution in [3.63, 3.8) is 0 Å². The molecule has 0 spiro atoms. The third kappa shape index (κ3) is 3.36. The standard InChI is InChI=1S/C40H26O/c1-2-11-26-22-29(21-20-25(26)10-1)38-30-14-5-7-16-32(30)39(33-17-8-6-15-31(33)38)34-18-9-19-36-40(34)35-23-27-12-3-4-13-28(27)24-37(35)41-36/h1-22,24,27H,23H2. The lowest BCUT2D eigenvalue weighted by molar-refractivity contribution is 0.586. The second kappa shape index (κ2) is 8.68. The average Bonchev–Trinajstić information content (AvgIpc) is 3.40. The molecular formula is C40H26O. The first-order valence-electron chi connectivity index (χ1n) is 14.4. The number of furan rings is 1. The van der Waals surface area contributed by atoms with E-state index in [9.17, 15) is 0 Å². The van der Waals surface area contributed by atoms with Crippen molar-refractivity contribution in [2.45, 2.75) is 6.42 Å². The first-order valence-corrected chi connectivity index (χ1v) is 14.4. The van der Waals surface area contributed by atoms with Gasteiger partial charge in [-0.1, -0.05) is 121 Å². The van der Waals surface area contributed by atoms with Gasteiger partial charge in [-0.2, -0.15) is 0 Å². The summed E-state index contributed by atoms with van der Waals surface area (Å²) in [6.07, 6.45) is 12.0. The van der Waals surface area contributed by atoms with E-state index in [0.717, 1.165) is 17.8 Å². The summed E-state index contributed by atoms with van der Waals surface area (Å²) in [4.78, 5) is 0. The number of rotatable bonds is 2. The van der Waals surface area contributed by atoms with E-state index in [1.165, 1.54) is 71.1 Å². The van der Waals surface area contributed by atoms with E-state index in [2.05, 4.69) is 140 Å². The zero-order chi connectivity index (χ0) is 26.9. The second-order valence-corrected chi connectivity index (χ2v) is 11.2.